The Morgan fingerprint density at radius 3 is 2.50 bits per heavy atom. The fourth-order valence-electron chi connectivity index (χ4n) is 5.01. The van der Waals surface area contributed by atoms with Crippen molar-refractivity contribution in [2.45, 2.75) is 50.5 Å². The summed E-state index contributed by atoms with van der Waals surface area (Å²) in [5, 5.41) is 14.0. The van der Waals surface area contributed by atoms with Crippen LogP contribution in [0, 0.1) is 0 Å². The van der Waals surface area contributed by atoms with Gasteiger partial charge in [-0.05, 0) is 43.2 Å². The molecule has 1 unspecified atom stereocenters. The Labute approximate surface area is 230 Å². The number of hydrogen-bond acceptors (Lipinski definition) is 7. The number of nitrogens with one attached hydrogen (secondary N) is 1. The van der Waals surface area contributed by atoms with Crippen molar-refractivity contribution in [3.63, 3.8) is 0 Å². The summed E-state index contributed by atoms with van der Waals surface area (Å²) >= 11 is 6.52. The molecule has 4 rings (SSSR count). The fraction of sp³-hybridized carbons (Fsp3) is 0.519. The SMILES string of the molecule is CN(CC(O)N1CCCC[C@@H]1C(=O)Nc1ccc(OC2CCN(c3ccccc3)CC2)c(Cl)c1)S(C)(=O)=O. The Balaban J connectivity index is 1.33. The fourth-order valence-corrected chi connectivity index (χ4v) is 5.64. The van der Waals surface area contributed by atoms with Crippen molar-refractivity contribution in [2.75, 3.05) is 49.7 Å². The van der Waals surface area contributed by atoms with E-state index in [1.165, 1.54) is 12.7 Å². The molecule has 0 radical (unpaired) electrons. The van der Waals surface area contributed by atoms with Crippen molar-refractivity contribution in [3.05, 3.63) is 53.6 Å². The summed E-state index contributed by atoms with van der Waals surface area (Å²) in [5.74, 6) is 0.324. The van der Waals surface area contributed by atoms with Crippen LogP contribution in [-0.2, 0) is 14.8 Å². The van der Waals surface area contributed by atoms with E-state index in [1.54, 1.807) is 23.1 Å². The number of carbonyl (C=O) groups is 1. The quantitative estimate of drug-likeness (QED) is 0.481. The van der Waals surface area contributed by atoms with Gasteiger partial charge in [-0.25, -0.2) is 12.7 Å². The Kier molecular flexibility index (Phi) is 9.54. The molecule has 208 valence electrons. The molecule has 1 amide bonds. The number of likely N-dealkylation sites (N-methyl/N-ethyl adjacent to an activating group) is 1. The number of halogens is 1. The maximum atomic E-state index is 13.2. The summed E-state index contributed by atoms with van der Waals surface area (Å²) in [6, 6.07) is 15.0. The molecule has 38 heavy (non-hydrogen) atoms. The number of benzene rings is 2. The van der Waals surface area contributed by atoms with E-state index in [4.69, 9.17) is 16.3 Å². The maximum Gasteiger partial charge on any atom is 0.241 e. The predicted octanol–water partition coefficient (Wildman–Crippen LogP) is 3.39. The topological polar surface area (TPSA) is 102 Å². The number of aliphatic hydroxyl groups excluding tert-OH is 1. The zero-order valence-corrected chi connectivity index (χ0v) is 23.5. The van der Waals surface area contributed by atoms with Crippen molar-refractivity contribution in [1.82, 2.24) is 9.21 Å². The first kappa shape index (κ1) is 28.6. The molecule has 2 aromatic carbocycles. The lowest BCUT2D eigenvalue weighted by molar-refractivity contribution is -0.129. The van der Waals surface area contributed by atoms with E-state index in [0.29, 0.717) is 29.4 Å². The molecule has 0 bridgehead atoms. The van der Waals surface area contributed by atoms with Gasteiger partial charge in [-0.15, -0.1) is 0 Å². The van der Waals surface area contributed by atoms with E-state index >= 15 is 0 Å². The summed E-state index contributed by atoms with van der Waals surface area (Å²) in [6.07, 6.45) is 4.09. The summed E-state index contributed by atoms with van der Waals surface area (Å²) in [4.78, 5) is 17.2. The van der Waals surface area contributed by atoms with E-state index in [9.17, 15) is 18.3 Å². The van der Waals surface area contributed by atoms with Crippen LogP contribution in [0.5, 0.6) is 5.75 Å². The van der Waals surface area contributed by atoms with Gasteiger partial charge in [-0.3, -0.25) is 9.69 Å². The van der Waals surface area contributed by atoms with Crippen LogP contribution >= 0.6 is 11.6 Å². The molecule has 2 aromatic rings. The van der Waals surface area contributed by atoms with Crippen LogP contribution in [-0.4, -0.2) is 86.5 Å². The van der Waals surface area contributed by atoms with E-state index in [0.717, 1.165) is 49.3 Å². The first-order chi connectivity index (χ1) is 18.1. The number of carbonyl (C=O) groups excluding carboxylic acids is 1. The third-order valence-corrected chi connectivity index (χ3v) is 8.85. The molecule has 2 aliphatic rings. The van der Waals surface area contributed by atoms with Crippen LogP contribution < -0.4 is 15.0 Å². The smallest absolute Gasteiger partial charge is 0.241 e. The normalized spacial score (nSPS) is 20.3. The van der Waals surface area contributed by atoms with E-state index < -0.39 is 22.3 Å². The summed E-state index contributed by atoms with van der Waals surface area (Å²) in [5.41, 5.74) is 1.76. The molecule has 0 aromatic heterocycles. The number of amides is 1. The van der Waals surface area contributed by atoms with E-state index in [2.05, 4.69) is 22.3 Å². The van der Waals surface area contributed by atoms with Crippen LogP contribution in [0.4, 0.5) is 11.4 Å². The molecule has 11 heteroatoms. The van der Waals surface area contributed by atoms with E-state index in [-0.39, 0.29) is 18.6 Å². The van der Waals surface area contributed by atoms with Crippen LogP contribution in [0.1, 0.15) is 32.1 Å². The number of sulfonamides is 1. The predicted molar refractivity (Wildman–Crippen MR) is 150 cm³/mol. The third-order valence-electron chi connectivity index (χ3n) is 7.27. The standard InChI is InChI=1S/C27H37ClN4O5S/c1-30(38(2,35)36)19-26(33)32-15-7-6-10-24(32)27(34)29-20-11-12-25(23(28)18-20)37-22-13-16-31(17-14-22)21-8-4-3-5-9-21/h3-5,8-9,11-12,18,22,24,26,33H,6-7,10,13-17,19H2,1-2H3,(H,29,34)/t24-,26?/m1/s1. The number of likely N-dealkylation sites (tertiary alicyclic amines) is 1. The van der Waals surface area contributed by atoms with Gasteiger partial charge in [0.05, 0.1) is 23.9 Å². The first-order valence-electron chi connectivity index (χ1n) is 13.0. The van der Waals surface area contributed by atoms with Gasteiger partial charge in [0.25, 0.3) is 0 Å². The number of nitrogens with zero attached hydrogens (tertiary/aromatic N) is 3. The lowest BCUT2D eigenvalue weighted by atomic mass is 10.0. The number of rotatable bonds is 9. The Morgan fingerprint density at radius 2 is 1.84 bits per heavy atom. The lowest BCUT2D eigenvalue weighted by Crippen LogP contribution is -2.55. The molecule has 0 saturated carbocycles. The molecule has 0 aliphatic carbocycles. The molecular formula is C27H37ClN4O5S. The van der Waals surface area contributed by atoms with Crippen LogP contribution in [0.15, 0.2) is 48.5 Å². The summed E-state index contributed by atoms with van der Waals surface area (Å²) < 4.78 is 30.8. The minimum Gasteiger partial charge on any atom is -0.489 e. The van der Waals surface area contributed by atoms with Gasteiger partial charge in [0.15, 0.2) is 0 Å². The second-order valence-electron chi connectivity index (χ2n) is 10.0. The largest absolute Gasteiger partial charge is 0.489 e. The number of aliphatic hydroxyl groups is 1. The van der Waals surface area contributed by atoms with Gasteiger partial charge >= 0.3 is 0 Å². The van der Waals surface area contributed by atoms with Gasteiger partial charge in [-0.1, -0.05) is 36.2 Å². The van der Waals surface area contributed by atoms with Crippen molar-refractivity contribution in [1.29, 1.82) is 0 Å². The van der Waals surface area contributed by atoms with Gasteiger partial charge in [-0.2, -0.15) is 0 Å². The second kappa shape index (κ2) is 12.7. The lowest BCUT2D eigenvalue weighted by Gasteiger charge is -2.38. The van der Waals surface area contributed by atoms with Crippen LogP contribution in [0.3, 0.4) is 0 Å². The van der Waals surface area contributed by atoms with Crippen LogP contribution in [0.2, 0.25) is 5.02 Å². The average Bonchev–Trinajstić information content (AvgIpc) is 2.90. The Morgan fingerprint density at radius 1 is 1.13 bits per heavy atom. The highest BCUT2D eigenvalue weighted by molar-refractivity contribution is 7.88. The number of anilines is 2. The number of hydrogen-bond donors (Lipinski definition) is 2. The van der Waals surface area contributed by atoms with Gasteiger partial charge in [0, 0.05) is 50.9 Å². The van der Waals surface area contributed by atoms with Crippen LogP contribution in [0.25, 0.3) is 0 Å². The summed E-state index contributed by atoms with van der Waals surface area (Å²) in [7, 11) is -2.03. The second-order valence-corrected chi connectivity index (χ2v) is 12.5. The Bertz CT molecular complexity index is 1190. The van der Waals surface area contributed by atoms with Gasteiger partial charge in [0.2, 0.25) is 15.9 Å². The zero-order valence-electron chi connectivity index (χ0n) is 21.9. The van der Waals surface area contributed by atoms with Gasteiger partial charge < -0.3 is 20.1 Å². The van der Waals surface area contributed by atoms with Crippen molar-refractivity contribution < 1.29 is 23.1 Å². The van der Waals surface area contributed by atoms with Crippen molar-refractivity contribution in [2.24, 2.45) is 0 Å². The highest BCUT2D eigenvalue weighted by Crippen LogP contribution is 2.31. The molecule has 2 fully saturated rings. The summed E-state index contributed by atoms with van der Waals surface area (Å²) in [6.45, 7) is 2.21. The average molecular weight is 565 g/mol. The molecular weight excluding hydrogens is 528 g/mol. The van der Waals surface area contributed by atoms with Gasteiger partial charge in [0.1, 0.15) is 18.1 Å². The molecule has 9 nitrogen and oxygen atoms in total. The number of para-hydroxylation sites is 1. The maximum absolute atomic E-state index is 13.2. The molecule has 2 N–H and O–H groups in total. The van der Waals surface area contributed by atoms with Crippen molar-refractivity contribution in [3.8, 4) is 5.75 Å². The number of ether oxygens (including phenoxy) is 1. The minimum atomic E-state index is -3.44. The molecule has 0 spiro atoms. The molecule has 2 atom stereocenters. The Hall–Kier alpha value is -2.37. The molecule has 2 aliphatic heterocycles. The molecule has 2 saturated heterocycles. The first-order valence-corrected chi connectivity index (χ1v) is 15.3. The highest BCUT2D eigenvalue weighted by atomic mass is 35.5. The molecule has 2 heterocycles. The van der Waals surface area contributed by atoms with E-state index in [1.807, 2.05) is 18.2 Å². The third kappa shape index (κ3) is 7.39. The zero-order chi connectivity index (χ0) is 27.3. The minimum absolute atomic E-state index is 0.0651. The highest BCUT2D eigenvalue weighted by Gasteiger charge is 2.34. The monoisotopic (exact) mass is 564 g/mol. The van der Waals surface area contributed by atoms with Crippen molar-refractivity contribution >= 4 is 38.9 Å². The number of piperidine rings is 2.